The Bertz CT molecular complexity index is 1180. The van der Waals surface area contributed by atoms with Gasteiger partial charge < -0.3 is 19.5 Å². The van der Waals surface area contributed by atoms with E-state index < -0.39 is 11.7 Å². The van der Waals surface area contributed by atoms with Gasteiger partial charge in [-0.05, 0) is 54.5 Å². The topological polar surface area (TPSA) is 56.8 Å². The smallest absolute Gasteiger partial charge is 0.395 e. The van der Waals surface area contributed by atoms with Gasteiger partial charge in [-0.3, -0.25) is 4.79 Å². The molecular formula is C28H25F2NO4. The zero-order valence-corrected chi connectivity index (χ0v) is 19.0. The fourth-order valence-electron chi connectivity index (χ4n) is 5.15. The van der Waals surface area contributed by atoms with Crippen LogP contribution in [0.1, 0.15) is 54.6 Å². The van der Waals surface area contributed by atoms with Gasteiger partial charge in [0, 0.05) is 6.04 Å². The SMILES string of the molecule is O=C(N[C@@H]1C[C@@H](c2ccccc2)O[C@@H](c2ccccc2)C1)C1(c2ccc3c(c2)OC(F)(F)O3)CC1. The lowest BCUT2D eigenvalue weighted by molar-refractivity contribution is -0.286. The normalized spacial score (nSPS) is 25.6. The summed E-state index contributed by atoms with van der Waals surface area (Å²) in [5, 5.41) is 3.26. The molecule has 3 atom stereocenters. The van der Waals surface area contributed by atoms with E-state index in [-0.39, 0.29) is 35.7 Å². The van der Waals surface area contributed by atoms with Crippen LogP contribution in [0.15, 0.2) is 78.9 Å². The number of rotatable bonds is 5. The Kier molecular flexibility index (Phi) is 5.25. The van der Waals surface area contributed by atoms with Gasteiger partial charge >= 0.3 is 6.29 Å². The molecule has 1 saturated carbocycles. The van der Waals surface area contributed by atoms with Crippen molar-refractivity contribution >= 4 is 5.91 Å². The van der Waals surface area contributed by atoms with Crippen molar-refractivity contribution in [1.29, 1.82) is 0 Å². The maximum absolute atomic E-state index is 13.5. The fraction of sp³-hybridized carbons (Fsp3) is 0.321. The van der Waals surface area contributed by atoms with Gasteiger partial charge in [-0.1, -0.05) is 66.7 Å². The molecule has 1 N–H and O–H groups in total. The zero-order chi connectivity index (χ0) is 24.0. The first-order valence-corrected chi connectivity index (χ1v) is 11.9. The lowest BCUT2D eigenvalue weighted by atomic mass is 9.89. The van der Waals surface area contributed by atoms with Crippen LogP contribution in [0.5, 0.6) is 11.5 Å². The summed E-state index contributed by atoms with van der Waals surface area (Å²) in [7, 11) is 0. The molecule has 0 aromatic heterocycles. The standard InChI is InChI=1S/C28H25F2NO4/c29-28(30)34-22-12-11-20(15-25(22)35-28)27(13-14-27)26(32)31-21-16-23(18-7-3-1-4-8-18)33-24(17-21)19-9-5-2-6-10-19/h1-12,15,21,23-24H,13-14,16-17H2,(H,31,32)/t21-,23+,24-. The molecule has 0 bridgehead atoms. The molecule has 35 heavy (non-hydrogen) atoms. The first kappa shape index (κ1) is 22.0. The number of benzene rings is 3. The predicted molar refractivity (Wildman–Crippen MR) is 124 cm³/mol. The average Bonchev–Trinajstić information content (AvgIpc) is 3.62. The average molecular weight is 478 g/mol. The Morgan fingerprint density at radius 2 is 1.37 bits per heavy atom. The van der Waals surface area contributed by atoms with Crippen molar-refractivity contribution in [2.45, 2.75) is 55.6 Å². The molecule has 180 valence electrons. The highest BCUT2D eigenvalue weighted by molar-refractivity contribution is 5.91. The zero-order valence-electron chi connectivity index (χ0n) is 19.0. The summed E-state index contributed by atoms with van der Waals surface area (Å²) in [4.78, 5) is 13.5. The van der Waals surface area contributed by atoms with Crippen LogP contribution >= 0.6 is 0 Å². The van der Waals surface area contributed by atoms with Crippen LogP contribution in [0.4, 0.5) is 8.78 Å². The Hall–Kier alpha value is -3.45. The summed E-state index contributed by atoms with van der Waals surface area (Å²) < 4.78 is 42.5. The maximum atomic E-state index is 13.5. The van der Waals surface area contributed by atoms with Crippen LogP contribution in [0, 0.1) is 0 Å². The van der Waals surface area contributed by atoms with Gasteiger partial charge in [-0.15, -0.1) is 8.78 Å². The number of carbonyl (C=O) groups excluding carboxylic acids is 1. The van der Waals surface area contributed by atoms with Gasteiger partial charge in [0.05, 0.1) is 17.6 Å². The third-order valence-corrected chi connectivity index (χ3v) is 7.14. The lowest BCUT2D eigenvalue weighted by Gasteiger charge is -2.37. The molecule has 0 unspecified atom stereocenters. The van der Waals surface area contributed by atoms with E-state index in [9.17, 15) is 13.6 Å². The molecule has 5 nitrogen and oxygen atoms in total. The van der Waals surface area contributed by atoms with Crippen LogP contribution in [-0.4, -0.2) is 18.2 Å². The van der Waals surface area contributed by atoms with Gasteiger partial charge in [-0.2, -0.15) is 0 Å². The Morgan fingerprint density at radius 1 is 0.800 bits per heavy atom. The van der Waals surface area contributed by atoms with Crippen LogP contribution in [0.2, 0.25) is 0 Å². The van der Waals surface area contributed by atoms with Crippen molar-refractivity contribution < 1.29 is 27.8 Å². The number of alkyl halides is 2. The lowest BCUT2D eigenvalue weighted by Crippen LogP contribution is -2.45. The second-order valence-corrected chi connectivity index (χ2v) is 9.49. The van der Waals surface area contributed by atoms with Crippen molar-refractivity contribution in [2.24, 2.45) is 0 Å². The summed E-state index contributed by atoms with van der Waals surface area (Å²) >= 11 is 0. The molecule has 3 aliphatic rings. The molecule has 2 heterocycles. The first-order valence-electron chi connectivity index (χ1n) is 11.9. The van der Waals surface area contributed by atoms with Crippen molar-refractivity contribution in [3.05, 3.63) is 95.6 Å². The molecule has 3 aromatic rings. The molecule has 6 rings (SSSR count). The van der Waals surface area contributed by atoms with E-state index in [1.54, 1.807) is 6.07 Å². The predicted octanol–water partition coefficient (Wildman–Crippen LogP) is 5.82. The second-order valence-electron chi connectivity index (χ2n) is 9.49. The molecule has 1 saturated heterocycles. The van der Waals surface area contributed by atoms with E-state index in [2.05, 4.69) is 14.8 Å². The highest BCUT2D eigenvalue weighted by Crippen LogP contribution is 2.52. The molecule has 0 spiro atoms. The van der Waals surface area contributed by atoms with E-state index >= 15 is 0 Å². The first-order chi connectivity index (χ1) is 16.9. The highest BCUT2D eigenvalue weighted by Gasteiger charge is 2.53. The molecule has 1 amide bonds. The molecule has 2 aliphatic heterocycles. The minimum Gasteiger partial charge on any atom is -0.395 e. The number of ether oxygens (including phenoxy) is 3. The second kappa shape index (κ2) is 8.34. The number of hydrogen-bond donors (Lipinski definition) is 1. The largest absolute Gasteiger partial charge is 0.586 e. The van der Waals surface area contributed by atoms with Gasteiger partial charge in [0.1, 0.15) is 0 Å². The van der Waals surface area contributed by atoms with Crippen LogP contribution in [0.3, 0.4) is 0 Å². The number of halogens is 2. The number of fused-ring (bicyclic) bond motifs is 1. The Balaban J connectivity index is 1.23. The molecule has 1 aliphatic carbocycles. The minimum absolute atomic E-state index is 0.0178. The molecule has 0 radical (unpaired) electrons. The van der Waals surface area contributed by atoms with E-state index in [0.717, 1.165) is 11.1 Å². The van der Waals surface area contributed by atoms with Gasteiger partial charge in [-0.25, -0.2) is 0 Å². The third-order valence-electron chi connectivity index (χ3n) is 7.14. The summed E-state index contributed by atoms with van der Waals surface area (Å²) in [6.45, 7) is 0. The van der Waals surface area contributed by atoms with Crippen molar-refractivity contribution in [1.82, 2.24) is 5.32 Å². The summed E-state index contributed by atoms with van der Waals surface area (Å²) in [6.07, 6.45) is -1.36. The monoisotopic (exact) mass is 477 g/mol. The van der Waals surface area contributed by atoms with Crippen LogP contribution in [-0.2, 0) is 14.9 Å². The number of amides is 1. The van der Waals surface area contributed by atoms with Crippen molar-refractivity contribution in [2.75, 3.05) is 0 Å². The van der Waals surface area contributed by atoms with Crippen LogP contribution in [0.25, 0.3) is 0 Å². The number of nitrogens with one attached hydrogen (secondary N) is 1. The van der Waals surface area contributed by atoms with Crippen LogP contribution < -0.4 is 14.8 Å². The maximum Gasteiger partial charge on any atom is 0.586 e. The molecule has 3 aromatic carbocycles. The third kappa shape index (κ3) is 4.25. The number of carbonyl (C=O) groups is 1. The van der Waals surface area contributed by atoms with E-state index in [1.807, 2.05) is 60.7 Å². The quantitative estimate of drug-likeness (QED) is 0.503. The van der Waals surface area contributed by atoms with Gasteiger partial charge in [0.15, 0.2) is 11.5 Å². The van der Waals surface area contributed by atoms with Gasteiger partial charge in [0.2, 0.25) is 5.91 Å². The summed E-state index contributed by atoms with van der Waals surface area (Å²) in [5.74, 6) is -0.143. The van der Waals surface area contributed by atoms with Gasteiger partial charge in [0.25, 0.3) is 0 Å². The van der Waals surface area contributed by atoms with E-state index in [0.29, 0.717) is 31.2 Å². The Labute approximate surface area is 202 Å². The van der Waals surface area contributed by atoms with E-state index in [1.165, 1.54) is 12.1 Å². The Morgan fingerprint density at radius 3 is 1.94 bits per heavy atom. The highest BCUT2D eigenvalue weighted by atomic mass is 19.3. The van der Waals surface area contributed by atoms with Crippen molar-refractivity contribution in [3.8, 4) is 11.5 Å². The summed E-state index contributed by atoms with van der Waals surface area (Å²) in [6, 6.07) is 24.6. The van der Waals surface area contributed by atoms with Crippen molar-refractivity contribution in [3.63, 3.8) is 0 Å². The molecule has 2 fully saturated rings. The molecule has 7 heteroatoms. The van der Waals surface area contributed by atoms with E-state index in [4.69, 9.17) is 4.74 Å². The number of hydrogen-bond acceptors (Lipinski definition) is 4. The summed E-state index contributed by atoms with van der Waals surface area (Å²) in [5.41, 5.74) is 2.08. The molecular weight excluding hydrogens is 452 g/mol. The fourth-order valence-corrected chi connectivity index (χ4v) is 5.15. The minimum atomic E-state index is -3.68.